The van der Waals surface area contributed by atoms with E-state index in [9.17, 15) is 8.42 Å². The molecule has 0 rings (SSSR count). The smallest absolute Gasteiger partial charge is 0.148 e. The van der Waals surface area contributed by atoms with Gasteiger partial charge in [-0.05, 0) is 26.3 Å². The van der Waals surface area contributed by atoms with Crippen LogP contribution in [0, 0.1) is 0 Å². The van der Waals surface area contributed by atoms with Gasteiger partial charge in [0.1, 0.15) is 15.7 Å². The highest BCUT2D eigenvalue weighted by molar-refractivity contribution is 7.90. The molecule has 96 valence electrons. The first-order valence-electron chi connectivity index (χ1n) is 5.22. The average molecular weight is 251 g/mol. The van der Waals surface area contributed by atoms with Crippen molar-refractivity contribution in [2.24, 2.45) is 10.9 Å². The molecule has 0 bridgehead atoms. The van der Waals surface area contributed by atoms with Crippen molar-refractivity contribution in [1.29, 1.82) is 0 Å². The van der Waals surface area contributed by atoms with Crippen LogP contribution < -0.4 is 11.1 Å². The van der Waals surface area contributed by atoms with Crippen LogP contribution in [-0.2, 0) is 9.84 Å². The highest BCUT2D eigenvalue weighted by Crippen LogP contribution is 1.95. The van der Waals surface area contributed by atoms with Crippen LogP contribution in [0.2, 0.25) is 0 Å². The van der Waals surface area contributed by atoms with E-state index in [0.717, 1.165) is 19.4 Å². The predicted molar refractivity (Wildman–Crippen MR) is 64.4 cm³/mol. The zero-order valence-electron chi connectivity index (χ0n) is 9.81. The van der Waals surface area contributed by atoms with Crippen molar-refractivity contribution >= 4 is 15.7 Å². The molecule has 1 atom stereocenters. The van der Waals surface area contributed by atoms with Gasteiger partial charge in [-0.25, -0.2) is 8.42 Å². The molecule has 7 heteroatoms. The van der Waals surface area contributed by atoms with Crippen LogP contribution in [0.4, 0.5) is 0 Å². The minimum atomic E-state index is -2.92. The van der Waals surface area contributed by atoms with Gasteiger partial charge in [-0.3, -0.25) is 0 Å². The first-order chi connectivity index (χ1) is 7.35. The summed E-state index contributed by atoms with van der Waals surface area (Å²) in [5.74, 6) is 0.372. The Morgan fingerprint density at radius 3 is 2.62 bits per heavy atom. The molecule has 0 aliphatic carbocycles. The summed E-state index contributed by atoms with van der Waals surface area (Å²) in [5.41, 5.74) is 5.30. The molecule has 1 unspecified atom stereocenters. The maximum absolute atomic E-state index is 11.0. The molecule has 0 aliphatic heterocycles. The van der Waals surface area contributed by atoms with Gasteiger partial charge in [-0.15, -0.1) is 0 Å². The molecule has 0 aromatic rings. The Bertz CT molecular complexity index is 314. The Kier molecular flexibility index (Phi) is 7.07. The molecule has 0 aromatic carbocycles. The maximum Gasteiger partial charge on any atom is 0.148 e. The van der Waals surface area contributed by atoms with E-state index in [-0.39, 0.29) is 17.6 Å². The number of rotatable bonds is 8. The molecule has 0 fully saturated rings. The SMILES string of the molecule is CC(CS(C)(=O)=O)NCCCCC(N)=NO. The number of sulfone groups is 1. The summed E-state index contributed by atoms with van der Waals surface area (Å²) >= 11 is 0. The first kappa shape index (κ1) is 15.2. The van der Waals surface area contributed by atoms with E-state index < -0.39 is 9.84 Å². The second-order valence-corrected chi connectivity index (χ2v) is 6.18. The van der Waals surface area contributed by atoms with E-state index in [4.69, 9.17) is 10.9 Å². The summed E-state index contributed by atoms with van der Waals surface area (Å²) in [5, 5.41) is 14.3. The number of unbranched alkanes of at least 4 members (excludes halogenated alkanes) is 1. The van der Waals surface area contributed by atoms with Gasteiger partial charge in [-0.1, -0.05) is 5.16 Å². The van der Waals surface area contributed by atoms with Gasteiger partial charge in [-0.2, -0.15) is 0 Å². The third kappa shape index (κ3) is 9.72. The lowest BCUT2D eigenvalue weighted by molar-refractivity contribution is 0.316. The number of amidine groups is 1. The summed E-state index contributed by atoms with van der Waals surface area (Å²) in [7, 11) is -2.92. The van der Waals surface area contributed by atoms with Gasteiger partial charge in [0.2, 0.25) is 0 Å². The summed E-state index contributed by atoms with van der Waals surface area (Å²) in [6.45, 7) is 2.57. The number of nitrogens with one attached hydrogen (secondary N) is 1. The van der Waals surface area contributed by atoms with Crippen LogP contribution in [0.5, 0.6) is 0 Å². The third-order valence-corrected chi connectivity index (χ3v) is 3.14. The number of hydrogen-bond acceptors (Lipinski definition) is 5. The molecule has 0 aromatic heterocycles. The minimum Gasteiger partial charge on any atom is -0.409 e. The van der Waals surface area contributed by atoms with Crippen molar-refractivity contribution < 1.29 is 13.6 Å². The summed E-state index contributed by atoms with van der Waals surface area (Å²) in [4.78, 5) is 0. The molecular formula is C9H21N3O3S. The molecule has 0 radical (unpaired) electrons. The van der Waals surface area contributed by atoms with Crippen LogP contribution >= 0.6 is 0 Å². The molecule has 0 saturated heterocycles. The van der Waals surface area contributed by atoms with Gasteiger partial charge >= 0.3 is 0 Å². The molecular weight excluding hydrogens is 230 g/mol. The number of nitrogens with zero attached hydrogens (tertiary/aromatic N) is 1. The van der Waals surface area contributed by atoms with Gasteiger partial charge in [0.15, 0.2) is 0 Å². The molecule has 16 heavy (non-hydrogen) atoms. The van der Waals surface area contributed by atoms with E-state index in [1.807, 2.05) is 6.92 Å². The van der Waals surface area contributed by atoms with E-state index in [1.165, 1.54) is 6.26 Å². The normalized spacial score (nSPS) is 15.0. The van der Waals surface area contributed by atoms with Gasteiger partial charge in [0, 0.05) is 18.7 Å². The molecule has 4 N–H and O–H groups in total. The zero-order valence-corrected chi connectivity index (χ0v) is 10.6. The van der Waals surface area contributed by atoms with Gasteiger partial charge in [0.05, 0.1) is 5.75 Å². The van der Waals surface area contributed by atoms with Crippen LogP contribution in [0.25, 0.3) is 0 Å². The fourth-order valence-corrected chi connectivity index (χ4v) is 2.37. The predicted octanol–water partition coefficient (Wildman–Crippen LogP) is -0.0742. The van der Waals surface area contributed by atoms with Crippen LogP contribution in [0.1, 0.15) is 26.2 Å². The van der Waals surface area contributed by atoms with Crippen LogP contribution in [0.3, 0.4) is 0 Å². The van der Waals surface area contributed by atoms with E-state index in [1.54, 1.807) is 0 Å². The first-order valence-corrected chi connectivity index (χ1v) is 7.28. The largest absolute Gasteiger partial charge is 0.409 e. The highest BCUT2D eigenvalue weighted by Gasteiger charge is 2.08. The summed E-state index contributed by atoms with van der Waals surface area (Å²) in [6, 6.07) is -0.0427. The average Bonchev–Trinajstić information content (AvgIpc) is 2.14. The van der Waals surface area contributed by atoms with Crippen molar-refractivity contribution in [1.82, 2.24) is 5.32 Å². The third-order valence-electron chi connectivity index (χ3n) is 2.03. The van der Waals surface area contributed by atoms with E-state index in [2.05, 4.69) is 10.5 Å². The number of oxime groups is 1. The molecule has 6 nitrogen and oxygen atoms in total. The maximum atomic E-state index is 11.0. The Morgan fingerprint density at radius 1 is 1.50 bits per heavy atom. The molecule has 0 spiro atoms. The summed E-state index contributed by atoms with van der Waals surface area (Å²) in [6.07, 6.45) is 3.46. The monoisotopic (exact) mass is 251 g/mol. The Balaban J connectivity index is 3.52. The van der Waals surface area contributed by atoms with Crippen molar-refractivity contribution in [2.45, 2.75) is 32.2 Å². The molecule has 0 amide bonds. The van der Waals surface area contributed by atoms with Crippen molar-refractivity contribution in [2.75, 3.05) is 18.6 Å². The van der Waals surface area contributed by atoms with Crippen LogP contribution in [0.15, 0.2) is 5.16 Å². The van der Waals surface area contributed by atoms with Crippen molar-refractivity contribution in [3.05, 3.63) is 0 Å². The topological polar surface area (TPSA) is 105 Å². The lowest BCUT2D eigenvalue weighted by Crippen LogP contribution is -2.33. The van der Waals surface area contributed by atoms with Crippen molar-refractivity contribution in [3.8, 4) is 0 Å². The summed E-state index contributed by atoms with van der Waals surface area (Å²) < 4.78 is 21.9. The molecule has 0 heterocycles. The second kappa shape index (κ2) is 7.45. The fraction of sp³-hybridized carbons (Fsp3) is 0.889. The Hall–Kier alpha value is -0.820. The second-order valence-electron chi connectivity index (χ2n) is 4.00. The number of nitrogens with two attached hydrogens (primary N) is 1. The molecule has 0 saturated carbocycles. The fourth-order valence-electron chi connectivity index (χ4n) is 1.34. The number of hydrogen-bond donors (Lipinski definition) is 3. The Morgan fingerprint density at radius 2 is 2.12 bits per heavy atom. The van der Waals surface area contributed by atoms with Crippen LogP contribution in [-0.4, -0.2) is 44.1 Å². The van der Waals surface area contributed by atoms with E-state index >= 15 is 0 Å². The highest BCUT2D eigenvalue weighted by atomic mass is 32.2. The van der Waals surface area contributed by atoms with Crippen molar-refractivity contribution in [3.63, 3.8) is 0 Å². The van der Waals surface area contributed by atoms with Gasteiger partial charge in [0.25, 0.3) is 0 Å². The quantitative estimate of drug-likeness (QED) is 0.184. The minimum absolute atomic E-state index is 0.0427. The van der Waals surface area contributed by atoms with Gasteiger partial charge < -0.3 is 16.3 Å². The zero-order chi connectivity index (χ0) is 12.6. The van der Waals surface area contributed by atoms with E-state index in [0.29, 0.717) is 6.42 Å². The Labute approximate surface area is 96.8 Å². The standard InChI is InChI=1S/C9H21N3O3S/c1-8(7-16(2,14)15)11-6-4-3-5-9(10)12-13/h8,11,13H,3-7H2,1-2H3,(H2,10,12). The lowest BCUT2D eigenvalue weighted by Gasteiger charge is -2.12. The lowest BCUT2D eigenvalue weighted by atomic mass is 10.2. The molecule has 0 aliphatic rings.